The molecule has 78 valence electrons. The van der Waals surface area contributed by atoms with Crippen molar-refractivity contribution in [3.8, 4) is 0 Å². The standard InChI is InChI=1S/C13H21N/c1-10(9-14)4-5-13-7-11(2)6-12(3)8-13/h6-8,10H,4-5,9,14H2,1-3H3. The summed E-state index contributed by atoms with van der Waals surface area (Å²) in [7, 11) is 0. The Hall–Kier alpha value is -0.820. The molecule has 1 rings (SSSR count). The summed E-state index contributed by atoms with van der Waals surface area (Å²) in [5, 5.41) is 0. The normalized spacial score (nSPS) is 12.9. The van der Waals surface area contributed by atoms with Gasteiger partial charge in [0, 0.05) is 0 Å². The molecule has 1 heteroatoms. The summed E-state index contributed by atoms with van der Waals surface area (Å²) in [6, 6.07) is 6.77. The zero-order valence-corrected chi connectivity index (χ0v) is 9.51. The number of hydrogen-bond donors (Lipinski definition) is 1. The highest BCUT2D eigenvalue weighted by Crippen LogP contribution is 2.13. The Morgan fingerprint density at radius 3 is 2.21 bits per heavy atom. The summed E-state index contributed by atoms with van der Waals surface area (Å²) in [5.74, 6) is 0.635. The molecule has 1 atom stereocenters. The third-order valence-corrected chi connectivity index (χ3v) is 2.61. The highest BCUT2D eigenvalue weighted by Gasteiger charge is 2.01. The molecule has 1 unspecified atom stereocenters. The molecule has 14 heavy (non-hydrogen) atoms. The summed E-state index contributed by atoms with van der Waals surface area (Å²) < 4.78 is 0. The largest absolute Gasteiger partial charge is 0.330 e. The van der Waals surface area contributed by atoms with Crippen LogP contribution in [0.3, 0.4) is 0 Å². The SMILES string of the molecule is Cc1cc(C)cc(CCC(C)CN)c1. The fourth-order valence-corrected chi connectivity index (χ4v) is 1.74. The van der Waals surface area contributed by atoms with E-state index in [-0.39, 0.29) is 0 Å². The van der Waals surface area contributed by atoms with Crippen molar-refractivity contribution in [1.82, 2.24) is 0 Å². The zero-order chi connectivity index (χ0) is 10.6. The molecular formula is C13H21N. The van der Waals surface area contributed by atoms with Gasteiger partial charge in [0.05, 0.1) is 0 Å². The van der Waals surface area contributed by atoms with E-state index in [2.05, 4.69) is 39.0 Å². The van der Waals surface area contributed by atoms with Gasteiger partial charge in [-0.3, -0.25) is 0 Å². The minimum absolute atomic E-state index is 0.635. The number of rotatable bonds is 4. The van der Waals surface area contributed by atoms with Crippen LogP contribution in [-0.4, -0.2) is 6.54 Å². The fraction of sp³-hybridized carbons (Fsp3) is 0.538. The molecule has 0 saturated heterocycles. The van der Waals surface area contributed by atoms with E-state index in [0.717, 1.165) is 13.0 Å². The lowest BCUT2D eigenvalue weighted by atomic mass is 9.98. The van der Waals surface area contributed by atoms with Crippen LogP contribution in [0.25, 0.3) is 0 Å². The fourth-order valence-electron chi connectivity index (χ4n) is 1.74. The van der Waals surface area contributed by atoms with E-state index < -0.39 is 0 Å². The lowest BCUT2D eigenvalue weighted by molar-refractivity contribution is 0.544. The zero-order valence-electron chi connectivity index (χ0n) is 9.51. The summed E-state index contributed by atoms with van der Waals surface area (Å²) in [6.07, 6.45) is 2.35. The molecule has 1 aromatic carbocycles. The van der Waals surface area contributed by atoms with Gasteiger partial charge in [0.2, 0.25) is 0 Å². The van der Waals surface area contributed by atoms with Gasteiger partial charge in [-0.15, -0.1) is 0 Å². The topological polar surface area (TPSA) is 26.0 Å². The molecule has 0 aromatic heterocycles. The van der Waals surface area contributed by atoms with Crippen molar-refractivity contribution in [2.24, 2.45) is 11.7 Å². The number of nitrogens with two attached hydrogens (primary N) is 1. The van der Waals surface area contributed by atoms with Gasteiger partial charge >= 0.3 is 0 Å². The second-order valence-corrected chi connectivity index (χ2v) is 4.38. The van der Waals surface area contributed by atoms with Gasteiger partial charge in [0.25, 0.3) is 0 Å². The van der Waals surface area contributed by atoms with Crippen LogP contribution in [0.15, 0.2) is 18.2 Å². The first kappa shape index (κ1) is 11.3. The van der Waals surface area contributed by atoms with Crippen molar-refractivity contribution in [3.63, 3.8) is 0 Å². The van der Waals surface area contributed by atoms with Crippen LogP contribution in [0.5, 0.6) is 0 Å². The van der Waals surface area contributed by atoms with E-state index in [1.165, 1.54) is 23.1 Å². The van der Waals surface area contributed by atoms with Crippen LogP contribution >= 0.6 is 0 Å². The molecule has 0 aliphatic heterocycles. The van der Waals surface area contributed by atoms with Crippen molar-refractivity contribution in [2.75, 3.05) is 6.54 Å². The Kier molecular flexibility index (Phi) is 4.15. The molecule has 0 aliphatic rings. The lowest BCUT2D eigenvalue weighted by Crippen LogP contribution is -2.11. The van der Waals surface area contributed by atoms with Crippen molar-refractivity contribution in [1.29, 1.82) is 0 Å². The molecular weight excluding hydrogens is 170 g/mol. The van der Waals surface area contributed by atoms with Crippen molar-refractivity contribution >= 4 is 0 Å². The van der Waals surface area contributed by atoms with Gasteiger partial charge < -0.3 is 5.73 Å². The number of hydrogen-bond acceptors (Lipinski definition) is 1. The molecule has 0 bridgehead atoms. The van der Waals surface area contributed by atoms with Crippen LogP contribution in [0, 0.1) is 19.8 Å². The molecule has 0 spiro atoms. The van der Waals surface area contributed by atoms with Gasteiger partial charge in [-0.2, -0.15) is 0 Å². The highest BCUT2D eigenvalue weighted by molar-refractivity contribution is 5.28. The molecule has 0 saturated carbocycles. The third-order valence-electron chi connectivity index (χ3n) is 2.61. The first-order valence-electron chi connectivity index (χ1n) is 5.39. The predicted octanol–water partition coefficient (Wildman–Crippen LogP) is 2.83. The first-order chi connectivity index (χ1) is 6.61. The molecule has 2 N–H and O–H groups in total. The smallest absolute Gasteiger partial charge is 0.00514 e. The maximum absolute atomic E-state index is 5.60. The van der Waals surface area contributed by atoms with Gasteiger partial charge in [-0.1, -0.05) is 36.2 Å². The average Bonchev–Trinajstić information content (AvgIpc) is 2.12. The third kappa shape index (κ3) is 3.51. The Bertz CT molecular complexity index is 271. The molecule has 1 nitrogen and oxygen atoms in total. The quantitative estimate of drug-likeness (QED) is 0.778. The molecule has 0 fully saturated rings. The number of aryl methyl sites for hydroxylation is 3. The van der Waals surface area contributed by atoms with Gasteiger partial charge in [-0.25, -0.2) is 0 Å². The van der Waals surface area contributed by atoms with Crippen LogP contribution in [0.1, 0.15) is 30.0 Å². The van der Waals surface area contributed by atoms with Crippen molar-refractivity contribution in [2.45, 2.75) is 33.6 Å². The van der Waals surface area contributed by atoms with E-state index in [0.29, 0.717) is 5.92 Å². The predicted molar refractivity (Wildman–Crippen MR) is 62.5 cm³/mol. The van der Waals surface area contributed by atoms with E-state index in [1.54, 1.807) is 0 Å². The summed E-state index contributed by atoms with van der Waals surface area (Å²) in [4.78, 5) is 0. The Morgan fingerprint density at radius 2 is 1.71 bits per heavy atom. The maximum Gasteiger partial charge on any atom is -0.00514 e. The Morgan fingerprint density at radius 1 is 1.14 bits per heavy atom. The second kappa shape index (κ2) is 5.16. The summed E-state index contributed by atoms with van der Waals surface area (Å²) in [5.41, 5.74) is 9.77. The maximum atomic E-state index is 5.60. The minimum Gasteiger partial charge on any atom is -0.330 e. The van der Waals surface area contributed by atoms with E-state index in [4.69, 9.17) is 5.73 Å². The molecule has 0 radical (unpaired) electrons. The molecule has 0 aliphatic carbocycles. The second-order valence-electron chi connectivity index (χ2n) is 4.38. The molecule has 0 amide bonds. The summed E-state index contributed by atoms with van der Waals surface area (Å²) >= 11 is 0. The van der Waals surface area contributed by atoms with Crippen LogP contribution < -0.4 is 5.73 Å². The monoisotopic (exact) mass is 191 g/mol. The van der Waals surface area contributed by atoms with Gasteiger partial charge in [-0.05, 0) is 44.7 Å². The first-order valence-corrected chi connectivity index (χ1v) is 5.39. The average molecular weight is 191 g/mol. The van der Waals surface area contributed by atoms with Crippen LogP contribution in [0.2, 0.25) is 0 Å². The van der Waals surface area contributed by atoms with Crippen LogP contribution in [0.4, 0.5) is 0 Å². The highest BCUT2D eigenvalue weighted by atomic mass is 14.5. The molecule has 0 heterocycles. The Labute approximate surface area is 87.3 Å². The minimum atomic E-state index is 0.635. The van der Waals surface area contributed by atoms with Gasteiger partial charge in [0.1, 0.15) is 0 Å². The van der Waals surface area contributed by atoms with E-state index in [1.807, 2.05) is 0 Å². The summed E-state index contributed by atoms with van der Waals surface area (Å²) in [6.45, 7) is 7.32. The van der Waals surface area contributed by atoms with Crippen molar-refractivity contribution in [3.05, 3.63) is 34.9 Å². The number of benzene rings is 1. The van der Waals surface area contributed by atoms with Crippen LogP contribution in [-0.2, 0) is 6.42 Å². The van der Waals surface area contributed by atoms with E-state index in [9.17, 15) is 0 Å². The van der Waals surface area contributed by atoms with E-state index >= 15 is 0 Å². The van der Waals surface area contributed by atoms with Crippen molar-refractivity contribution < 1.29 is 0 Å². The Balaban J connectivity index is 2.58. The van der Waals surface area contributed by atoms with Gasteiger partial charge in [0.15, 0.2) is 0 Å². The molecule has 1 aromatic rings. The lowest BCUT2D eigenvalue weighted by Gasteiger charge is -2.09.